The summed E-state index contributed by atoms with van der Waals surface area (Å²) in [7, 11) is -2.16. The molecule has 1 aliphatic heterocycles. The number of aryl methyl sites for hydroxylation is 2. The molecule has 1 aromatic carbocycles. The van der Waals surface area contributed by atoms with Crippen LogP contribution in [0.4, 0.5) is 5.69 Å². The van der Waals surface area contributed by atoms with E-state index in [0.29, 0.717) is 35.5 Å². The van der Waals surface area contributed by atoms with Gasteiger partial charge in [-0.2, -0.15) is 4.31 Å². The maximum atomic E-state index is 13.0. The van der Waals surface area contributed by atoms with Gasteiger partial charge in [-0.05, 0) is 51.0 Å². The number of rotatable bonds is 7. The molecule has 176 valence electrons. The zero-order valence-electron chi connectivity index (χ0n) is 18.7. The Balaban J connectivity index is 1.50. The van der Waals surface area contributed by atoms with E-state index in [2.05, 4.69) is 20.5 Å². The quantitative estimate of drug-likeness (QED) is 0.502. The van der Waals surface area contributed by atoms with E-state index in [1.807, 2.05) is 19.9 Å². The molecule has 0 unspecified atom stereocenters. The third-order valence-corrected chi connectivity index (χ3v) is 8.22. The van der Waals surface area contributed by atoms with Crippen molar-refractivity contribution in [3.8, 4) is 5.75 Å². The number of piperidine rings is 1. The van der Waals surface area contributed by atoms with Crippen LogP contribution in [-0.4, -0.2) is 64.2 Å². The molecule has 10 nitrogen and oxygen atoms in total. The maximum Gasteiger partial charge on any atom is 0.256 e. The lowest BCUT2D eigenvalue weighted by Gasteiger charge is -2.26. The minimum absolute atomic E-state index is 0.0559. The van der Waals surface area contributed by atoms with Gasteiger partial charge in [0.25, 0.3) is 5.78 Å². The Labute approximate surface area is 196 Å². The lowest BCUT2D eigenvalue weighted by molar-refractivity contribution is -0.113. The molecule has 1 fully saturated rings. The van der Waals surface area contributed by atoms with E-state index in [4.69, 9.17) is 4.74 Å². The average Bonchev–Trinajstić information content (AvgIpc) is 3.21. The Bertz CT molecular complexity index is 1290. The van der Waals surface area contributed by atoms with E-state index >= 15 is 0 Å². The number of fused-ring (bicyclic) bond motifs is 1. The first-order valence-corrected chi connectivity index (χ1v) is 13.0. The van der Waals surface area contributed by atoms with Gasteiger partial charge in [-0.3, -0.25) is 9.20 Å². The fourth-order valence-electron chi connectivity index (χ4n) is 3.81. The van der Waals surface area contributed by atoms with Crippen molar-refractivity contribution in [1.82, 2.24) is 23.9 Å². The van der Waals surface area contributed by atoms with Crippen LogP contribution in [0.1, 0.15) is 30.7 Å². The third kappa shape index (κ3) is 4.97. The highest BCUT2D eigenvalue weighted by molar-refractivity contribution is 7.99. The Morgan fingerprint density at radius 3 is 2.64 bits per heavy atom. The van der Waals surface area contributed by atoms with Gasteiger partial charge in [-0.25, -0.2) is 13.4 Å². The predicted molar refractivity (Wildman–Crippen MR) is 125 cm³/mol. The van der Waals surface area contributed by atoms with Gasteiger partial charge in [0.05, 0.1) is 23.4 Å². The highest BCUT2D eigenvalue weighted by Gasteiger charge is 2.27. The number of benzene rings is 1. The predicted octanol–water partition coefficient (Wildman–Crippen LogP) is 2.66. The summed E-state index contributed by atoms with van der Waals surface area (Å²) in [5.41, 5.74) is 2.07. The van der Waals surface area contributed by atoms with Crippen molar-refractivity contribution in [2.24, 2.45) is 0 Å². The van der Waals surface area contributed by atoms with Crippen LogP contribution < -0.4 is 10.1 Å². The minimum atomic E-state index is -3.63. The molecule has 0 aliphatic carbocycles. The van der Waals surface area contributed by atoms with Gasteiger partial charge < -0.3 is 10.1 Å². The number of nitrogens with one attached hydrogen (secondary N) is 1. The molecule has 3 aromatic rings. The van der Waals surface area contributed by atoms with Crippen LogP contribution in [-0.2, 0) is 14.8 Å². The molecule has 1 saturated heterocycles. The molecule has 4 rings (SSSR count). The normalized spacial score (nSPS) is 15.0. The van der Waals surface area contributed by atoms with Crippen LogP contribution in [0.3, 0.4) is 0 Å². The van der Waals surface area contributed by atoms with Crippen molar-refractivity contribution in [2.45, 2.75) is 43.2 Å². The van der Waals surface area contributed by atoms with Gasteiger partial charge >= 0.3 is 0 Å². The molecule has 0 bridgehead atoms. The number of carbonyl (C=O) groups is 1. The number of aromatic nitrogens is 4. The molecule has 33 heavy (non-hydrogen) atoms. The number of methoxy groups -OCH3 is 1. The van der Waals surface area contributed by atoms with Crippen LogP contribution in [0.15, 0.2) is 34.3 Å². The summed E-state index contributed by atoms with van der Waals surface area (Å²) in [5.74, 6) is 0.600. The van der Waals surface area contributed by atoms with Gasteiger partial charge in [0.2, 0.25) is 15.9 Å². The second-order valence-electron chi connectivity index (χ2n) is 7.82. The van der Waals surface area contributed by atoms with E-state index in [0.717, 1.165) is 30.7 Å². The Kier molecular flexibility index (Phi) is 6.86. The minimum Gasteiger partial charge on any atom is -0.495 e. The number of thioether (sulfide) groups is 1. The maximum absolute atomic E-state index is 13.0. The lowest BCUT2D eigenvalue weighted by atomic mass is 10.2. The van der Waals surface area contributed by atoms with Crippen molar-refractivity contribution in [3.63, 3.8) is 0 Å². The van der Waals surface area contributed by atoms with Crippen LogP contribution in [0, 0.1) is 13.8 Å². The van der Waals surface area contributed by atoms with E-state index < -0.39 is 10.0 Å². The van der Waals surface area contributed by atoms with Gasteiger partial charge in [0.15, 0.2) is 5.16 Å². The second-order valence-corrected chi connectivity index (χ2v) is 10.7. The van der Waals surface area contributed by atoms with Crippen LogP contribution in [0.2, 0.25) is 0 Å². The lowest BCUT2D eigenvalue weighted by Crippen LogP contribution is -2.35. The van der Waals surface area contributed by atoms with E-state index in [1.54, 1.807) is 10.5 Å². The first kappa shape index (κ1) is 23.5. The van der Waals surface area contributed by atoms with Gasteiger partial charge in [-0.1, -0.05) is 18.2 Å². The molecule has 1 N–H and O–H groups in total. The van der Waals surface area contributed by atoms with Crippen molar-refractivity contribution in [3.05, 3.63) is 35.7 Å². The summed E-state index contributed by atoms with van der Waals surface area (Å²) in [6, 6.07) is 6.44. The van der Waals surface area contributed by atoms with Gasteiger partial charge in [0.1, 0.15) is 5.75 Å². The molecule has 0 saturated carbocycles. The van der Waals surface area contributed by atoms with Crippen molar-refractivity contribution < 1.29 is 17.9 Å². The largest absolute Gasteiger partial charge is 0.495 e. The fourth-order valence-corrected chi connectivity index (χ4v) is 6.14. The van der Waals surface area contributed by atoms with E-state index in [-0.39, 0.29) is 16.6 Å². The van der Waals surface area contributed by atoms with Crippen LogP contribution >= 0.6 is 11.8 Å². The standard InChI is InChI=1S/C21H26N6O4S2/c1-14-11-15(2)27-20(22-14)24-25-21(27)32-13-19(28)23-17-12-16(7-8-18(17)31-3)33(29,30)26-9-5-4-6-10-26/h7-8,11-12H,4-6,9-10,13H2,1-3H3,(H,23,28). The van der Waals surface area contributed by atoms with Crippen molar-refractivity contribution in [1.29, 1.82) is 0 Å². The molecule has 2 aromatic heterocycles. The number of sulfonamides is 1. The molecule has 0 atom stereocenters. The number of ether oxygens (including phenoxy) is 1. The number of nitrogens with zero attached hydrogens (tertiary/aromatic N) is 5. The van der Waals surface area contributed by atoms with Crippen molar-refractivity contribution in [2.75, 3.05) is 31.3 Å². The fraction of sp³-hybridized carbons (Fsp3) is 0.429. The van der Waals surface area contributed by atoms with Crippen LogP contribution in [0.5, 0.6) is 5.75 Å². The molecular weight excluding hydrogens is 464 g/mol. The summed E-state index contributed by atoms with van der Waals surface area (Å²) in [5, 5.41) is 11.5. The molecule has 1 amide bonds. The SMILES string of the molecule is COc1ccc(S(=O)(=O)N2CCCCC2)cc1NC(=O)CSc1nnc2nc(C)cc(C)n12. The second kappa shape index (κ2) is 9.65. The Morgan fingerprint density at radius 1 is 1.15 bits per heavy atom. The van der Waals surface area contributed by atoms with E-state index in [1.165, 1.54) is 35.3 Å². The Hall–Kier alpha value is -2.70. The molecule has 3 heterocycles. The van der Waals surface area contributed by atoms with Crippen LogP contribution in [0.25, 0.3) is 5.78 Å². The average molecular weight is 491 g/mol. The zero-order valence-corrected chi connectivity index (χ0v) is 20.4. The first-order valence-electron chi connectivity index (χ1n) is 10.6. The molecule has 1 aliphatic rings. The topological polar surface area (TPSA) is 119 Å². The van der Waals surface area contributed by atoms with Gasteiger partial charge in [0, 0.05) is 24.5 Å². The summed E-state index contributed by atoms with van der Waals surface area (Å²) in [6.07, 6.45) is 2.73. The molecule has 12 heteroatoms. The molecule has 0 radical (unpaired) electrons. The Morgan fingerprint density at radius 2 is 1.91 bits per heavy atom. The summed E-state index contributed by atoms with van der Waals surface area (Å²) < 4.78 is 34.7. The number of anilines is 1. The summed E-state index contributed by atoms with van der Waals surface area (Å²) in [6.45, 7) is 4.82. The summed E-state index contributed by atoms with van der Waals surface area (Å²) in [4.78, 5) is 17.2. The van der Waals surface area contributed by atoms with Gasteiger partial charge in [-0.15, -0.1) is 10.2 Å². The number of carbonyl (C=O) groups excluding carboxylic acids is 1. The van der Waals surface area contributed by atoms with E-state index in [9.17, 15) is 13.2 Å². The molecular formula is C21H26N6O4S2. The monoisotopic (exact) mass is 490 g/mol. The highest BCUT2D eigenvalue weighted by Crippen LogP contribution is 2.30. The number of hydrogen-bond acceptors (Lipinski definition) is 8. The van der Waals surface area contributed by atoms with Crippen molar-refractivity contribution >= 4 is 39.2 Å². The molecule has 0 spiro atoms. The highest BCUT2D eigenvalue weighted by atomic mass is 32.2. The third-order valence-electron chi connectivity index (χ3n) is 5.39. The zero-order chi connectivity index (χ0) is 23.6. The summed E-state index contributed by atoms with van der Waals surface area (Å²) >= 11 is 1.22. The number of hydrogen-bond donors (Lipinski definition) is 1. The number of amides is 1. The first-order chi connectivity index (χ1) is 15.8. The smallest absolute Gasteiger partial charge is 0.256 e.